The van der Waals surface area contributed by atoms with Crippen LogP contribution in [0.1, 0.15) is 15.9 Å². The number of rotatable bonds is 7. The van der Waals surface area contributed by atoms with Gasteiger partial charge < -0.3 is 14.8 Å². The van der Waals surface area contributed by atoms with Gasteiger partial charge in [0.1, 0.15) is 12.4 Å². The number of carbonyl (C=O) groups excluding carboxylic acids is 1. The van der Waals surface area contributed by atoms with Gasteiger partial charge in [-0.05, 0) is 24.3 Å². The van der Waals surface area contributed by atoms with Crippen LogP contribution in [0, 0.1) is 10.1 Å². The fourth-order valence-electron chi connectivity index (χ4n) is 2.16. The zero-order valence-corrected chi connectivity index (χ0v) is 15.1. The third kappa shape index (κ3) is 5.33. The first-order valence-corrected chi connectivity index (χ1v) is 8.09. The van der Waals surface area contributed by atoms with Gasteiger partial charge in [0, 0.05) is 19.2 Å². The third-order valence-electron chi connectivity index (χ3n) is 3.51. The average Bonchev–Trinajstić information content (AvgIpc) is 2.62. The summed E-state index contributed by atoms with van der Waals surface area (Å²) in [4.78, 5) is 22.6. The number of nitro benzene ring substituents is 1. The van der Waals surface area contributed by atoms with Gasteiger partial charge in [0.25, 0.3) is 11.6 Å². The number of nitrogens with one attached hydrogen (secondary N) is 1. The van der Waals surface area contributed by atoms with Crippen LogP contribution in [0.3, 0.4) is 0 Å². The topological polar surface area (TPSA) is 90.7 Å². The standard InChI is InChI=1S/C17H14ClF3N2O5/c1-27-6-7-28-15-5-2-10(17(19,20)21)8-14(15)22-16(24)12-9-11(23(25)26)3-4-13(12)18/h2-5,8-9H,6-7H2,1H3,(H,22,24). The quantitative estimate of drug-likeness (QED) is 0.405. The van der Waals surface area contributed by atoms with Crippen molar-refractivity contribution in [2.45, 2.75) is 6.18 Å². The van der Waals surface area contributed by atoms with E-state index in [1.165, 1.54) is 7.11 Å². The number of hydrogen-bond donors (Lipinski definition) is 1. The van der Waals surface area contributed by atoms with Crippen molar-refractivity contribution in [3.63, 3.8) is 0 Å². The normalized spacial score (nSPS) is 11.2. The van der Waals surface area contributed by atoms with Crippen molar-refractivity contribution in [2.24, 2.45) is 0 Å². The number of nitrogens with zero attached hydrogens (tertiary/aromatic N) is 1. The van der Waals surface area contributed by atoms with Gasteiger partial charge in [-0.25, -0.2) is 0 Å². The number of benzene rings is 2. The Bertz CT molecular complexity index is 890. The van der Waals surface area contributed by atoms with Crippen LogP contribution in [-0.2, 0) is 10.9 Å². The van der Waals surface area contributed by atoms with E-state index in [1.54, 1.807) is 0 Å². The molecule has 7 nitrogen and oxygen atoms in total. The van der Waals surface area contributed by atoms with Crippen molar-refractivity contribution in [3.8, 4) is 5.75 Å². The lowest BCUT2D eigenvalue weighted by atomic mass is 10.1. The smallest absolute Gasteiger partial charge is 0.416 e. The number of amides is 1. The molecule has 0 atom stereocenters. The molecule has 11 heteroatoms. The minimum Gasteiger partial charge on any atom is -0.489 e. The molecule has 0 aliphatic heterocycles. The summed E-state index contributed by atoms with van der Waals surface area (Å²) in [7, 11) is 1.42. The van der Waals surface area contributed by atoms with Gasteiger partial charge in [0.2, 0.25) is 0 Å². The van der Waals surface area contributed by atoms with Crippen molar-refractivity contribution in [1.82, 2.24) is 0 Å². The Morgan fingerprint density at radius 3 is 2.54 bits per heavy atom. The van der Waals surface area contributed by atoms with E-state index < -0.39 is 28.3 Å². The van der Waals surface area contributed by atoms with Crippen LogP contribution < -0.4 is 10.1 Å². The number of methoxy groups -OCH3 is 1. The summed E-state index contributed by atoms with van der Waals surface area (Å²) in [5, 5.41) is 13.0. The molecule has 0 heterocycles. The Morgan fingerprint density at radius 1 is 1.21 bits per heavy atom. The zero-order chi connectivity index (χ0) is 20.9. The van der Waals surface area contributed by atoms with Crippen LogP contribution in [0.4, 0.5) is 24.5 Å². The van der Waals surface area contributed by atoms with E-state index in [0.717, 1.165) is 30.3 Å². The molecule has 0 bridgehead atoms. The second kappa shape index (κ2) is 8.89. The molecule has 0 spiro atoms. The molecule has 0 aliphatic rings. The lowest BCUT2D eigenvalue weighted by molar-refractivity contribution is -0.384. The van der Waals surface area contributed by atoms with Crippen molar-refractivity contribution < 1.29 is 32.4 Å². The van der Waals surface area contributed by atoms with Crippen molar-refractivity contribution in [3.05, 3.63) is 62.7 Å². The Kier molecular flexibility index (Phi) is 6.81. The van der Waals surface area contributed by atoms with E-state index in [2.05, 4.69) is 5.32 Å². The van der Waals surface area contributed by atoms with Gasteiger partial charge in [-0.15, -0.1) is 0 Å². The van der Waals surface area contributed by atoms with E-state index in [0.29, 0.717) is 6.07 Å². The first kappa shape index (κ1) is 21.5. The number of carbonyl (C=O) groups is 1. The number of halogens is 4. The fraction of sp³-hybridized carbons (Fsp3) is 0.235. The van der Waals surface area contributed by atoms with Gasteiger partial charge in [0.05, 0.1) is 33.4 Å². The summed E-state index contributed by atoms with van der Waals surface area (Å²) in [5.74, 6) is -0.954. The minimum absolute atomic E-state index is 0.0278. The van der Waals surface area contributed by atoms with Crippen LogP contribution in [-0.4, -0.2) is 31.2 Å². The SMILES string of the molecule is COCCOc1ccc(C(F)(F)F)cc1NC(=O)c1cc([N+](=O)[O-])ccc1Cl. The lowest BCUT2D eigenvalue weighted by Gasteiger charge is -2.15. The summed E-state index contributed by atoms with van der Waals surface area (Å²) in [6, 6.07) is 5.74. The molecule has 0 aliphatic carbocycles. The summed E-state index contributed by atoms with van der Waals surface area (Å²) >= 11 is 5.90. The second-order valence-electron chi connectivity index (χ2n) is 5.43. The first-order chi connectivity index (χ1) is 13.1. The maximum Gasteiger partial charge on any atom is 0.416 e. The second-order valence-corrected chi connectivity index (χ2v) is 5.83. The van der Waals surface area contributed by atoms with Crippen LogP contribution in [0.25, 0.3) is 0 Å². The van der Waals surface area contributed by atoms with E-state index in [4.69, 9.17) is 21.1 Å². The van der Waals surface area contributed by atoms with Crippen LogP contribution in [0.15, 0.2) is 36.4 Å². The number of non-ortho nitro benzene ring substituents is 1. The zero-order valence-electron chi connectivity index (χ0n) is 14.4. The molecule has 1 N–H and O–H groups in total. The summed E-state index contributed by atoms with van der Waals surface area (Å²) < 4.78 is 49.1. The molecule has 0 saturated carbocycles. The molecule has 0 aromatic heterocycles. The predicted molar refractivity (Wildman–Crippen MR) is 94.9 cm³/mol. The van der Waals surface area contributed by atoms with E-state index in [1.807, 2.05) is 0 Å². The van der Waals surface area contributed by atoms with Gasteiger partial charge in [-0.2, -0.15) is 13.2 Å². The molecule has 150 valence electrons. The molecule has 2 aromatic rings. The van der Waals surface area contributed by atoms with Crippen molar-refractivity contribution >= 4 is 28.9 Å². The highest BCUT2D eigenvalue weighted by Gasteiger charge is 2.31. The van der Waals surface area contributed by atoms with E-state index in [9.17, 15) is 28.1 Å². The molecule has 0 fully saturated rings. The Labute approximate surface area is 162 Å². The van der Waals surface area contributed by atoms with Crippen LogP contribution in [0.5, 0.6) is 5.75 Å². The molecule has 0 saturated heterocycles. The highest BCUT2D eigenvalue weighted by Crippen LogP contribution is 2.35. The van der Waals surface area contributed by atoms with Gasteiger partial charge in [0.15, 0.2) is 0 Å². The minimum atomic E-state index is -4.65. The van der Waals surface area contributed by atoms with Crippen molar-refractivity contribution in [2.75, 3.05) is 25.6 Å². The monoisotopic (exact) mass is 418 g/mol. The molecule has 2 aromatic carbocycles. The molecular weight excluding hydrogens is 405 g/mol. The summed E-state index contributed by atoms with van der Waals surface area (Å²) in [5.41, 5.74) is -1.93. The maximum absolute atomic E-state index is 13.0. The number of alkyl halides is 3. The Hall–Kier alpha value is -2.85. The third-order valence-corrected chi connectivity index (χ3v) is 3.84. The first-order valence-electron chi connectivity index (χ1n) is 7.71. The number of nitro groups is 1. The lowest BCUT2D eigenvalue weighted by Crippen LogP contribution is -2.16. The maximum atomic E-state index is 13.0. The molecule has 1 amide bonds. The van der Waals surface area contributed by atoms with Gasteiger partial charge in [-0.3, -0.25) is 14.9 Å². The summed E-state index contributed by atoms with van der Waals surface area (Å²) in [6.07, 6.45) is -4.65. The number of hydrogen-bond acceptors (Lipinski definition) is 5. The van der Waals surface area contributed by atoms with Crippen LogP contribution >= 0.6 is 11.6 Å². The molecule has 28 heavy (non-hydrogen) atoms. The van der Waals surface area contributed by atoms with Gasteiger partial charge in [-0.1, -0.05) is 11.6 Å². The van der Waals surface area contributed by atoms with Crippen molar-refractivity contribution in [1.29, 1.82) is 0 Å². The Morgan fingerprint density at radius 2 is 1.93 bits per heavy atom. The number of anilines is 1. The predicted octanol–water partition coefficient (Wildman–Crippen LogP) is 4.54. The molecule has 0 radical (unpaired) electrons. The highest BCUT2D eigenvalue weighted by atomic mass is 35.5. The number of ether oxygens (including phenoxy) is 2. The largest absolute Gasteiger partial charge is 0.489 e. The highest BCUT2D eigenvalue weighted by molar-refractivity contribution is 6.34. The molecular formula is C17H14ClF3N2O5. The van der Waals surface area contributed by atoms with E-state index in [-0.39, 0.29) is 35.2 Å². The Balaban J connectivity index is 2.38. The van der Waals surface area contributed by atoms with E-state index >= 15 is 0 Å². The van der Waals surface area contributed by atoms with Gasteiger partial charge >= 0.3 is 6.18 Å². The molecule has 2 rings (SSSR count). The average molecular weight is 419 g/mol. The van der Waals surface area contributed by atoms with Crippen LogP contribution in [0.2, 0.25) is 5.02 Å². The summed E-state index contributed by atoms with van der Waals surface area (Å²) in [6.45, 7) is 0.202. The molecule has 0 unspecified atom stereocenters. The fourth-order valence-corrected chi connectivity index (χ4v) is 2.36.